The molecular formula is C24H27ClN6O3S2. The second kappa shape index (κ2) is 10.2. The first-order chi connectivity index (χ1) is 17.3. The molecule has 3 aromatic rings. The summed E-state index contributed by atoms with van der Waals surface area (Å²) in [4.78, 5) is 23.7. The van der Waals surface area contributed by atoms with Crippen molar-refractivity contribution in [3.63, 3.8) is 0 Å². The molecule has 0 spiro atoms. The molecule has 3 heterocycles. The van der Waals surface area contributed by atoms with E-state index >= 15 is 0 Å². The summed E-state index contributed by atoms with van der Waals surface area (Å²) in [7, 11) is -3.72. The molecule has 0 radical (unpaired) electrons. The molecule has 0 unspecified atom stereocenters. The van der Waals surface area contributed by atoms with Gasteiger partial charge in [0.15, 0.2) is 0 Å². The van der Waals surface area contributed by atoms with Crippen LogP contribution in [0, 0.1) is 0 Å². The molecule has 12 heteroatoms. The topological polar surface area (TPSA) is 98.7 Å². The van der Waals surface area contributed by atoms with Gasteiger partial charge >= 0.3 is 0 Å². The average Bonchev–Trinajstić information content (AvgIpc) is 3.40. The van der Waals surface area contributed by atoms with Crippen LogP contribution in [0.1, 0.15) is 18.9 Å². The number of carbonyl (C=O) groups excluding carboxylic acids is 1. The maximum absolute atomic E-state index is 13.4. The fourth-order valence-corrected chi connectivity index (χ4v) is 6.66. The number of anilines is 3. The van der Waals surface area contributed by atoms with Crippen LogP contribution in [0.15, 0.2) is 53.7 Å². The standard InChI is InChI=1S/C24H27ClN6O3S2/c1-17(31-10-2-3-18-15-19(25)4-9-22(18)31)23(32)30-13-11-29(12-14-30)20-5-7-21(8-6-20)36(33,34)28-24-26-16-27-35-24/h4-9,15-17H,2-3,10-14H2,1H3,(H,26,27,28)/t17-/m0/s1. The maximum atomic E-state index is 13.4. The van der Waals surface area contributed by atoms with Crippen molar-refractivity contribution in [1.82, 2.24) is 14.3 Å². The Balaban J connectivity index is 1.20. The zero-order chi connectivity index (χ0) is 25.3. The normalized spacial score (nSPS) is 17.0. The van der Waals surface area contributed by atoms with E-state index in [1.54, 1.807) is 24.3 Å². The number of rotatable bonds is 6. The molecule has 0 saturated carbocycles. The van der Waals surface area contributed by atoms with Crippen molar-refractivity contribution in [2.75, 3.05) is 47.2 Å². The minimum Gasteiger partial charge on any atom is -0.368 e. The van der Waals surface area contributed by atoms with Crippen LogP contribution in [0.4, 0.5) is 16.5 Å². The predicted molar refractivity (Wildman–Crippen MR) is 143 cm³/mol. The van der Waals surface area contributed by atoms with Crippen LogP contribution < -0.4 is 14.5 Å². The maximum Gasteiger partial charge on any atom is 0.263 e. The Kier molecular flexibility index (Phi) is 7.05. The molecule has 1 atom stereocenters. The number of halogens is 1. The van der Waals surface area contributed by atoms with E-state index in [1.165, 1.54) is 11.9 Å². The molecule has 36 heavy (non-hydrogen) atoms. The largest absolute Gasteiger partial charge is 0.368 e. The number of sulfonamides is 1. The van der Waals surface area contributed by atoms with Gasteiger partial charge in [-0.1, -0.05) is 11.6 Å². The fraction of sp³-hybridized carbons (Fsp3) is 0.375. The monoisotopic (exact) mass is 546 g/mol. The third-order valence-electron chi connectivity index (χ3n) is 6.71. The van der Waals surface area contributed by atoms with Crippen molar-refractivity contribution in [2.45, 2.75) is 30.7 Å². The summed E-state index contributed by atoms with van der Waals surface area (Å²) < 4.78 is 31.3. The van der Waals surface area contributed by atoms with Gasteiger partial charge in [-0.05, 0) is 67.8 Å². The highest BCUT2D eigenvalue weighted by Gasteiger charge is 2.31. The van der Waals surface area contributed by atoms with Gasteiger partial charge in [-0.2, -0.15) is 4.37 Å². The Morgan fingerprint density at radius 2 is 1.83 bits per heavy atom. The number of hydrogen-bond acceptors (Lipinski definition) is 8. The number of benzene rings is 2. The van der Waals surface area contributed by atoms with Gasteiger partial charge < -0.3 is 14.7 Å². The first-order valence-corrected chi connectivity index (χ1v) is 14.4. The second-order valence-electron chi connectivity index (χ2n) is 8.90. The fourth-order valence-electron chi connectivity index (χ4n) is 4.81. The molecule has 1 aromatic heterocycles. The van der Waals surface area contributed by atoms with E-state index in [1.807, 2.05) is 30.0 Å². The number of nitrogens with zero attached hydrogens (tertiary/aromatic N) is 5. The molecular weight excluding hydrogens is 520 g/mol. The third kappa shape index (κ3) is 5.14. The van der Waals surface area contributed by atoms with E-state index in [0.29, 0.717) is 26.2 Å². The molecule has 0 aliphatic carbocycles. The van der Waals surface area contributed by atoms with Crippen molar-refractivity contribution < 1.29 is 13.2 Å². The summed E-state index contributed by atoms with van der Waals surface area (Å²) in [6.45, 7) is 5.42. The number of carbonyl (C=O) groups is 1. The molecule has 1 amide bonds. The SMILES string of the molecule is C[C@@H](C(=O)N1CCN(c2ccc(S(=O)(=O)Nc3ncns3)cc2)CC1)N1CCCc2cc(Cl)ccc21. The molecule has 1 saturated heterocycles. The van der Waals surface area contributed by atoms with Crippen molar-refractivity contribution in [3.8, 4) is 0 Å². The van der Waals surface area contributed by atoms with Gasteiger partial charge in [0.25, 0.3) is 10.0 Å². The molecule has 1 N–H and O–H groups in total. The Morgan fingerprint density at radius 3 is 2.53 bits per heavy atom. The number of aryl methyl sites for hydroxylation is 1. The van der Waals surface area contributed by atoms with Gasteiger partial charge in [-0.25, -0.2) is 13.4 Å². The van der Waals surface area contributed by atoms with Crippen molar-refractivity contribution in [2.24, 2.45) is 0 Å². The lowest BCUT2D eigenvalue weighted by atomic mass is 10.00. The Morgan fingerprint density at radius 1 is 1.08 bits per heavy atom. The van der Waals surface area contributed by atoms with Crippen LogP contribution in [-0.2, 0) is 21.2 Å². The first-order valence-electron chi connectivity index (χ1n) is 11.8. The predicted octanol–water partition coefficient (Wildman–Crippen LogP) is 3.48. The Hall–Kier alpha value is -2.89. The number of fused-ring (bicyclic) bond motifs is 1. The van der Waals surface area contributed by atoms with Crippen molar-refractivity contribution >= 4 is 55.6 Å². The zero-order valence-electron chi connectivity index (χ0n) is 19.8. The summed E-state index contributed by atoms with van der Waals surface area (Å²) in [5, 5.41) is 0.954. The molecule has 2 aliphatic rings. The van der Waals surface area contributed by atoms with E-state index in [-0.39, 0.29) is 22.0 Å². The van der Waals surface area contributed by atoms with Crippen molar-refractivity contribution in [3.05, 3.63) is 59.4 Å². The highest BCUT2D eigenvalue weighted by atomic mass is 35.5. The Labute approximate surface area is 219 Å². The van der Waals surface area contributed by atoms with Gasteiger partial charge in [0, 0.05) is 60.7 Å². The second-order valence-corrected chi connectivity index (χ2v) is 11.8. The minimum absolute atomic E-state index is 0.127. The van der Waals surface area contributed by atoms with E-state index in [9.17, 15) is 13.2 Å². The van der Waals surface area contributed by atoms with Gasteiger partial charge in [0.1, 0.15) is 12.4 Å². The van der Waals surface area contributed by atoms with Crippen LogP contribution in [0.3, 0.4) is 0 Å². The molecule has 190 valence electrons. The van der Waals surface area contributed by atoms with Gasteiger partial charge in [0.05, 0.1) is 4.90 Å². The molecule has 2 aliphatic heterocycles. The quantitative estimate of drug-likeness (QED) is 0.505. The molecule has 1 fully saturated rings. The van der Waals surface area contributed by atoms with Crippen LogP contribution in [0.2, 0.25) is 5.02 Å². The lowest BCUT2D eigenvalue weighted by molar-refractivity contribution is -0.132. The van der Waals surface area contributed by atoms with E-state index < -0.39 is 10.0 Å². The van der Waals surface area contributed by atoms with E-state index in [2.05, 4.69) is 23.9 Å². The van der Waals surface area contributed by atoms with Crippen LogP contribution >= 0.6 is 23.1 Å². The number of amides is 1. The summed E-state index contributed by atoms with van der Waals surface area (Å²) in [6.07, 6.45) is 3.28. The third-order valence-corrected chi connectivity index (χ3v) is 9.01. The number of piperazine rings is 1. The average molecular weight is 547 g/mol. The number of nitrogens with one attached hydrogen (secondary N) is 1. The minimum atomic E-state index is -3.72. The molecule has 2 aromatic carbocycles. The van der Waals surface area contributed by atoms with Crippen LogP contribution in [0.5, 0.6) is 0 Å². The summed E-state index contributed by atoms with van der Waals surface area (Å²) in [5.41, 5.74) is 3.22. The lowest BCUT2D eigenvalue weighted by Crippen LogP contribution is -2.55. The zero-order valence-corrected chi connectivity index (χ0v) is 22.2. The van der Waals surface area contributed by atoms with Crippen LogP contribution in [-0.4, -0.2) is 67.3 Å². The van der Waals surface area contributed by atoms with E-state index in [0.717, 1.165) is 47.3 Å². The number of aromatic nitrogens is 2. The van der Waals surface area contributed by atoms with Gasteiger partial charge in [-0.3, -0.25) is 9.52 Å². The summed E-state index contributed by atoms with van der Waals surface area (Å²) >= 11 is 7.16. The Bertz CT molecular complexity index is 1330. The highest BCUT2D eigenvalue weighted by molar-refractivity contribution is 7.93. The van der Waals surface area contributed by atoms with E-state index in [4.69, 9.17) is 11.6 Å². The molecule has 9 nitrogen and oxygen atoms in total. The van der Waals surface area contributed by atoms with Crippen LogP contribution in [0.25, 0.3) is 0 Å². The molecule has 0 bridgehead atoms. The first kappa shape index (κ1) is 24.8. The molecule has 5 rings (SSSR count). The van der Waals surface area contributed by atoms with Gasteiger partial charge in [-0.15, -0.1) is 0 Å². The summed E-state index contributed by atoms with van der Waals surface area (Å²) in [6, 6.07) is 12.4. The lowest BCUT2D eigenvalue weighted by Gasteiger charge is -2.41. The van der Waals surface area contributed by atoms with Gasteiger partial charge in [0.2, 0.25) is 11.0 Å². The van der Waals surface area contributed by atoms with Crippen molar-refractivity contribution in [1.29, 1.82) is 0 Å². The number of hydrogen-bond donors (Lipinski definition) is 1. The summed E-state index contributed by atoms with van der Waals surface area (Å²) in [5.74, 6) is 0.127. The highest BCUT2D eigenvalue weighted by Crippen LogP contribution is 2.31. The smallest absolute Gasteiger partial charge is 0.263 e.